The zero-order chi connectivity index (χ0) is 20.3. The van der Waals surface area contributed by atoms with Gasteiger partial charge in [0.05, 0.1) is 23.9 Å². The maximum atomic E-state index is 10.9. The summed E-state index contributed by atoms with van der Waals surface area (Å²) >= 11 is 0. The molecule has 1 aliphatic rings. The summed E-state index contributed by atoms with van der Waals surface area (Å²) in [4.78, 5) is 8.80. The summed E-state index contributed by atoms with van der Waals surface area (Å²) in [5, 5.41) is 12.0. The van der Waals surface area contributed by atoms with Crippen molar-refractivity contribution in [1.82, 2.24) is 9.97 Å². The molecule has 0 unspecified atom stereocenters. The van der Waals surface area contributed by atoms with E-state index < -0.39 is 6.10 Å². The fourth-order valence-corrected chi connectivity index (χ4v) is 3.86. The molecule has 1 aliphatic heterocycles. The van der Waals surface area contributed by atoms with E-state index in [0.717, 1.165) is 27.7 Å². The van der Waals surface area contributed by atoms with Gasteiger partial charge >= 0.3 is 0 Å². The minimum absolute atomic E-state index is 0. The molecular formula is C25H24Cl2N2O3. The molecule has 2 atom stereocenters. The zero-order valence-corrected chi connectivity index (χ0v) is 18.9. The first kappa shape index (κ1) is 23.8. The molecule has 32 heavy (non-hydrogen) atoms. The van der Waals surface area contributed by atoms with Gasteiger partial charge in [-0.25, -0.2) is 4.98 Å². The van der Waals surface area contributed by atoms with Crippen molar-refractivity contribution in [3.8, 4) is 11.5 Å². The number of hydrogen-bond acceptors (Lipinski definition) is 5. The number of aliphatic hydroxyl groups excluding tert-OH is 1. The molecule has 2 aromatic carbocycles. The van der Waals surface area contributed by atoms with Crippen LogP contribution < -0.4 is 9.47 Å². The molecule has 0 saturated heterocycles. The summed E-state index contributed by atoms with van der Waals surface area (Å²) in [6, 6.07) is 21.6. The third-order valence-corrected chi connectivity index (χ3v) is 5.46. The molecule has 0 bridgehead atoms. The lowest BCUT2D eigenvalue weighted by molar-refractivity contribution is 0.0504. The van der Waals surface area contributed by atoms with Crippen LogP contribution in [-0.2, 0) is 13.0 Å². The topological polar surface area (TPSA) is 64.5 Å². The molecule has 7 heteroatoms. The van der Waals surface area contributed by atoms with Crippen LogP contribution in [0.2, 0.25) is 0 Å². The Bertz CT molecular complexity index is 1170. The van der Waals surface area contributed by atoms with Crippen molar-refractivity contribution < 1.29 is 14.6 Å². The van der Waals surface area contributed by atoms with Crippen LogP contribution in [-0.4, -0.2) is 21.7 Å². The zero-order valence-electron chi connectivity index (χ0n) is 17.3. The second-order valence-electron chi connectivity index (χ2n) is 7.56. The van der Waals surface area contributed by atoms with Gasteiger partial charge in [-0.1, -0.05) is 30.3 Å². The highest BCUT2D eigenvalue weighted by molar-refractivity contribution is 5.85. The number of hydrogen-bond donors (Lipinski definition) is 1. The number of nitrogens with zero attached hydrogens (tertiary/aromatic N) is 2. The van der Waals surface area contributed by atoms with Crippen LogP contribution in [0.1, 0.15) is 22.9 Å². The largest absolute Gasteiger partial charge is 0.493 e. The second-order valence-corrected chi connectivity index (χ2v) is 7.56. The third kappa shape index (κ3) is 5.13. The molecule has 0 radical (unpaired) electrons. The predicted octanol–water partition coefficient (Wildman–Crippen LogP) is 5.34. The number of benzene rings is 2. The van der Waals surface area contributed by atoms with Gasteiger partial charge in [-0.05, 0) is 48.4 Å². The molecule has 5 nitrogen and oxygen atoms in total. The van der Waals surface area contributed by atoms with Gasteiger partial charge in [0.1, 0.15) is 18.1 Å². The van der Waals surface area contributed by atoms with E-state index in [1.165, 1.54) is 0 Å². The fourth-order valence-electron chi connectivity index (χ4n) is 3.86. The molecule has 0 aliphatic carbocycles. The van der Waals surface area contributed by atoms with Crippen molar-refractivity contribution in [2.45, 2.75) is 19.1 Å². The Balaban J connectivity index is 0.00000144. The molecule has 0 amide bonds. The molecule has 1 N–H and O–H groups in total. The van der Waals surface area contributed by atoms with Gasteiger partial charge in [0, 0.05) is 29.3 Å². The van der Waals surface area contributed by atoms with Crippen molar-refractivity contribution in [3.63, 3.8) is 0 Å². The Kier molecular flexibility index (Phi) is 7.91. The van der Waals surface area contributed by atoms with Crippen LogP contribution in [0, 0.1) is 5.92 Å². The van der Waals surface area contributed by atoms with Crippen LogP contribution >= 0.6 is 24.8 Å². The van der Waals surface area contributed by atoms with Gasteiger partial charge in [-0.3, -0.25) is 4.98 Å². The Morgan fingerprint density at radius 2 is 1.88 bits per heavy atom. The number of pyridine rings is 2. The SMILES string of the molecule is Cl.Cl.O[C@@H]1c2cc(OCc3ccc4ccccc4n3)ccc2OC[C@@H]1Cc1cccnc1. The monoisotopic (exact) mass is 470 g/mol. The maximum absolute atomic E-state index is 10.9. The van der Waals surface area contributed by atoms with Crippen LogP contribution in [0.15, 0.2) is 79.1 Å². The summed E-state index contributed by atoms with van der Waals surface area (Å²) in [7, 11) is 0. The van der Waals surface area contributed by atoms with Crippen LogP contribution in [0.3, 0.4) is 0 Å². The van der Waals surface area contributed by atoms with Crippen molar-refractivity contribution >= 4 is 35.7 Å². The van der Waals surface area contributed by atoms with Gasteiger partial charge in [0.2, 0.25) is 0 Å². The predicted molar refractivity (Wildman–Crippen MR) is 129 cm³/mol. The number of fused-ring (bicyclic) bond motifs is 2. The minimum atomic E-state index is -0.615. The minimum Gasteiger partial charge on any atom is -0.493 e. The summed E-state index contributed by atoms with van der Waals surface area (Å²) in [5.41, 5.74) is 3.66. The molecule has 2 aromatic heterocycles. The van der Waals surface area contributed by atoms with Gasteiger partial charge in [0.25, 0.3) is 0 Å². The number of rotatable bonds is 5. The van der Waals surface area contributed by atoms with E-state index in [1.54, 1.807) is 6.20 Å². The molecule has 166 valence electrons. The van der Waals surface area contributed by atoms with Gasteiger partial charge in [0.15, 0.2) is 0 Å². The standard InChI is InChI=1S/C25H22N2O3.2ClH/c28-25-19(12-17-4-3-11-26-14-17)15-30-24-10-9-21(13-22(24)25)29-16-20-8-7-18-5-1-2-6-23(18)27-20;;/h1-11,13-14,19,25,28H,12,15-16H2;2*1H/t19-,25-;;/m0../s1. The lowest BCUT2D eigenvalue weighted by Crippen LogP contribution is -2.27. The van der Waals surface area contributed by atoms with E-state index in [9.17, 15) is 5.11 Å². The van der Waals surface area contributed by atoms with Gasteiger partial charge in [-0.15, -0.1) is 24.8 Å². The first-order valence-corrected chi connectivity index (χ1v) is 10.1. The Hall–Kier alpha value is -2.86. The van der Waals surface area contributed by atoms with E-state index in [-0.39, 0.29) is 30.7 Å². The lowest BCUT2D eigenvalue weighted by atomic mass is 9.88. The molecule has 0 fully saturated rings. The highest BCUT2D eigenvalue weighted by atomic mass is 35.5. The number of halogens is 2. The third-order valence-electron chi connectivity index (χ3n) is 5.46. The molecule has 4 aromatic rings. The number of ether oxygens (including phenoxy) is 2. The van der Waals surface area contributed by atoms with E-state index in [0.29, 0.717) is 31.1 Å². The highest BCUT2D eigenvalue weighted by Gasteiger charge is 2.30. The Labute approximate surface area is 199 Å². The van der Waals surface area contributed by atoms with Crippen LogP contribution in [0.5, 0.6) is 11.5 Å². The van der Waals surface area contributed by atoms with Crippen molar-refractivity contribution in [2.24, 2.45) is 5.92 Å². The number of para-hydroxylation sites is 1. The van der Waals surface area contributed by atoms with Gasteiger partial charge < -0.3 is 14.6 Å². The average molecular weight is 471 g/mol. The lowest BCUT2D eigenvalue weighted by Gasteiger charge is -2.30. The quantitative estimate of drug-likeness (QED) is 0.426. The summed E-state index contributed by atoms with van der Waals surface area (Å²) < 4.78 is 11.9. The van der Waals surface area contributed by atoms with E-state index in [2.05, 4.69) is 16.0 Å². The number of aromatic nitrogens is 2. The normalized spacial score (nSPS) is 16.8. The van der Waals surface area contributed by atoms with Crippen molar-refractivity contribution in [1.29, 1.82) is 0 Å². The smallest absolute Gasteiger partial charge is 0.130 e. The Morgan fingerprint density at radius 1 is 1.00 bits per heavy atom. The molecule has 0 saturated carbocycles. The first-order chi connectivity index (χ1) is 14.8. The van der Waals surface area contributed by atoms with E-state index in [1.807, 2.05) is 66.9 Å². The molecule has 0 spiro atoms. The molecular weight excluding hydrogens is 447 g/mol. The molecule has 5 rings (SSSR count). The van der Waals surface area contributed by atoms with Crippen LogP contribution in [0.25, 0.3) is 10.9 Å². The summed E-state index contributed by atoms with van der Waals surface area (Å²) in [6.45, 7) is 0.837. The van der Waals surface area contributed by atoms with Crippen molar-refractivity contribution in [3.05, 3.63) is 95.9 Å². The van der Waals surface area contributed by atoms with E-state index >= 15 is 0 Å². The summed E-state index contributed by atoms with van der Waals surface area (Å²) in [6.07, 6.45) is 3.68. The maximum Gasteiger partial charge on any atom is 0.130 e. The van der Waals surface area contributed by atoms with Crippen LogP contribution in [0.4, 0.5) is 0 Å². The average Bonchev–Trinajstić information content (AvgIpc) is 2.80. The Morgan fingerprint density at radius 3 is 2.72 bits per heavy atom. The summed E-state index contributed by atoms with van der Waals surface area (Å²) in [5.74, 6) is 1.37. The highest BCUT2D eigenvalue weighted by Crippen LogP contribution is 2.39. The fraction of sp³-hybridized carbons (Fsp3) is 0.200. The van der Waals surface area contributed by atoms with Crippen molar-refractivity contribution in [2.75, 3.05) is 6.61 Å². The van der Waals surface area contributed by atoms with Gasteiger partial charge in [-0.2, -0.15) is 0 Å². The number of aliphatic hydroxyl groups is 1. The van der Waals surface area contributed by atoms with E-state index in [4.69, 9.17) is 9.47 Å². The first-order valence-electron chi connectivity index (χ1n) is 10.1. The second kappa shape index (κ2) is 10.6. The molecule has 3 heterocycles.